The molecule has 1 aliphatic carbocycles. The highest BCUT2D eigenvalue weighted by atomic mass is 19.4. The van der Waals surface area contributed by atoms with Gasteiger partial charge in [0.05, 0.1) is 37.6 Å². The van der Waals surface area contributed by atoms with E-state index in [-0.39, 0.29) is 43.7 Å². The maximum atomic E-state index is 12.7. The average Bonchev–Trinajstić information content (AvgIpc) is 3.31. The zero-order valence-electron chi connectivity index (χ0n) is 22.9. The van der Waals surface area contributed by atoms with Crippen LogP contribution in [0.1, 0.15) is 48.3 Å². The summed E-state index contributed by atoms with van der Waals surface area (Å²) in [4.78, 5) is 16.1. The molecule has 234 valence electrons. The van der Waals surface area contributed by atoms with Crippen LogP contribution < -0.4 is 4.74 Å². The van der Waals surface area contributed by atoms with Gasteiger partial charge in [-0.25, -0.2) is 9.78 Å². The van der Waals surface area contributed by atoms with Crippen LogP contribution in [0.2, 0.25) is 0 Å². The molecule has 0 saturated heterocycles. The number of benzene rings is 2. The van der Waals surface area contributed by atoms with Gasteiger partial charge in [-0.15, -0.1) is 13.2 Å². The van der Waals surface area contributed by atoms with Crippen LogP contribution in [0.25, 0.3) is 11.5 Å². The molecule has 1 N–H and O–H groups in total. The maximum absolute atomic E-state index is 12.7. The molecule has 43 heavy (non-hydrogen) atoms. The lowest BCUT2D eigenvalue weighted by atomic mass is 9.95. The van der Waals surface area contributed by atoms with E-state index < -0.39 is 30.2 Å². The molecule has 1 aromatic heterocycles. The fourth-order valence-electron chi connectivity index (χ4n) is 4.49. The number of carboxylic acids is 1. The van der Waals surface area contributed by atoms with Crippen molar-refractivity contribution in [2.24, 2.45) is 0 Å². The normalized spacial score (nSPS) is 18.4. The molecule has 0 radical (unpaired) electrons. The van der Waals surface area contributed by atoms with Crippen molar-refractivity contribution < 1.29 is 59.6 Å². The summed E-state index contributed by atoms with van der Waals surface area (Å²) in [7, 11) is 0. The average molecular weight is 618 g/mol. The van der Waals surface area contributed by atoms with Crippen LogP contribution in [0.15, 0.2) is 52.9 Å². The van der Waals surface area contributed by atoms with Gasteiger partial charge in [-0.1, -0.05) is 12.1 Å². The van der Waals surface area contributed by atoms with E-state index in [1.165, 1.54) is 24.3 Å². The molecule has 1 fully saturated rings. The Morgan fingerprint density at radius 2 is 1.63 bits per heavy atom. The Morgan fingerprint density at radius 1 is 0.977 bits per heavy atom. The highest BCUT2D eigenvalue weighted by Crippen LogP contribution is 2.30. The van der Waals surface area contributed by atoms with Crippen molar-refractivity contribution in [3.63, 3.8) is 0 Å². The summed E-state index contributed by atoms with van der Waals surface area (Å²) >= 11 is 0. The van der Waals surface area contributed by atoms with E-state index in [1.54, 1.807) is 6.92 Å². The molecule has 1 aliphatic rings. The summed E-state index contributed by atoms with van der Waals surface area (Å²) in [6, 6.07) is 9.40. The number of carboxylic acid groups (broad SMARTS) is 1. The first-order chi connectivity index (χ1) is 20.3. The van der Waals surface area contributed by atoms with Gasteiger partial charge in [0.25, 0.3) is 0 Å². The minimum atomic E-state index is -4.79. The van der Waals surface area contributed by atoms with E-state index in [0.29, 0.717) is 35.4 Å². The van der Waals surface area contributed by atoms with E-state index in [9.17, 15) is 36.2 Å². The number of hydrogen-bond donors (Lipinski definition) is 1. The second kappa shape index (κ2) is 13.8. The molecular weight excluding hydrogens is 588 g/mol. The first-order valence-corrected chi connectivity index (χ1v) is 13.3. The van der Waals surface area contributed by atoms with Gasteiger partial charge in [0.15, 0.2) is 6.10 Å². The predicted molar refractivity (Wildman–Crippen MR) is 138 cm³/mol. The van der Waals surface area contributed by atoms with E-state index in [4.69, 9.17) is 18.6 Å². The Bertz CT molecular complexity index is 1340. The van der Waals surface area contributed by atoms with E-state index in [1.807, 2.05) is 0 Å². The first-order valence-electron chi connectivity index (χ1n) is 13.3. The Labute approximate surface area is 242 Å². The minimum absolute atomic E-state index is 0.121. The lowest BCUT2D eigenvalue weighted by Gasteiger charge is -2.29. The zero-order valence-corrected chi connectivity index (χ0v) is 22.9. The van der Waals surface area contributed by atoms with Gasteiger partial charge >= 0.3 is 18.5 Å². The van der Waals surface area contributed by atoms with Crippen LogP contribution in [0.5, 0.6) is 5.75 Å². The molecule has 2 aromatic carbocycles. The third-order valence-electron chi connectivity index (χ3n) is 6.75. The fraction of sp³-hybridized carbons (Fsp3) is 0.448. The van der Waals surface area contributed by atoms with Gasteiger partial charge < -0.3 is 28.5 Å². The molecule has 0 amide bonds. The van der Waals surface area contributed by atoms with Crippen molar-refractivity contribution >= 4 is 5.97 Å². The topological polar surface area (TPSA) is 100 Å². The van der Waals surface area contributed by atoms with Crippen molar-refractivity contribution in [3.8, 4) is 17.2 Å². The highest BCUT2D eigenvalue weighted by molar-refractivity contribution is 5.72. The molecule has 0 spiro atoms. The third kappa shape index (κ3) is 9.70. The van der Waals surface area contributed by atoms with Crippen LogP contribution in [0.4, 0.5) is 26.3 Å². The maximum Gasteiger partial charge on any atom is 0.573 e. The number of oxazole rings is 1. The summed E-state index contributed by atoms with van der Waals surface area (Å²) < 4.78 is 102. The summed E-state index contributed by atoms with van der Waals surface area (Å²) in [5.74, 6) is -0.910. The van der Waals surface area contributed by atoms with Gasteiger partial charge in [-0.2, -0.15) is 13.2 Å². The van der Waals surface area contributed by atoms with Gasteiger partial charge in [0.2, 0.25) is 5.89 Å². The molecule has 1 saturated carbocycles. The Balaban J connectivity index is 1.24. The van der Waals surface area contributed by atoms with Crippen molar-refractivity contribution in [2.45, 2.75) is 76.7 Å². The van der Waals surface area contributed by atoms with Crippen molar-refractivity contribution in [3.05, 3.63) is 71.1 Å². The summed E-state index contributed by atoms with van der Waals surface area (Å²) in [5.41, 5.74) is 0.569. The third-order valence-corrected chi connectivity index (χ3v) is 6.75. The molecule has 8 nitrogen and oxygen atoms in total. The second-order valence-corrected chi connectivity index (χ2v) is 9.98. The number of ether oxygens (including phenoxy) is 4. The first kappa shape index (κ1) is 32.3. The van der Waals surface area contributed by atoms with Crippen LogP contribution in [0.3, 0.4) is 0 Å². The van der Waals surface area contributed by atoms with Gasteiger partial charge in [0, 0.05) is 5.56 Å². The van der Waals surface area contributed by atoms with Gasteiger partial charge in [-0.05, 0) is 74.6 Å². The molecule has 3 unspecified atom stereocenters. The van der Waals surface area contributed by atoms with Gasteiger partial charge in [0.1, 0.15) is 17.2 Å². The Hall–Kier alpha value is -3.62. The second-order valence-electron chi connectivity index (χ2n) is 9.98. The van der Waals surface area contributed by atoms with Crippen molar-refractivity contribution in [1.29, 1.82) is 0 Å². The van der Waals surface area contributed by atoms with E-state index in [0.717, 1.165) is 37.1 Å². The Morgan fingerprint density at radius 3 is 2.23 bits per heavy atom. The minimum Gasteiger partial charge on any atom is -0.479 e. The lowest BCUT2D eigenvalue weighted by Crippen LogP contribution is -2.34. The SMILES string of the molecule is Cc1oc(-c2ccc(OC(F)(F)F)cc2)nc1COC1CCCC(OCC(OCc2ccc(C(F)(F)F)cc2)C(=O)O)C1. The quantitative estimate of drug-likeness (QED) is 0.215. The fourth-order valence-corrected chi connectivity index (χ4v) is 4.49. The molecule has 14 heteroatoms. The molecule has 1 heterocycles. The smallest absolute Gasteiger partial charge is 0.479 e. The number of alkyl halides is 6. The lowest BCUT2D eigenvalue weighted by molar-refractivity contribution is -0.274. The number of rotatable bonds is 12. The van der Waals surface area contributed by atoms with Crippen LogP contribution in [0, 0.1) is 6.92 Å². The van der Waals surface area contributed by atoms with Crippen LogP contribution in [-0.2, 0) is 38.4 Å². The standard InChI is InChI=1S/C29H29F6NO7/c1-17-24(36-26(42-17)19-7-11-21(12-8-19)43-29(33,34)35)15-39-22-3-2-4-23(13-22)40-16-25(27(37)38)41-14-18-5-9-20(10-6-18)28(30,31)32/h5-12,22-23,25H,2-4,13-16H2,1H3,(H,37,38). The molecule has 0 bridgehead atoms. The van der Waals surface area contributed by atoms with E-state index in [2.05, 4.69) is 9.72 Å². The molecule has 3 atom stereocenters. The molecule has 3 aromatic rings. The van der Waals surface area contributed by atoms with E-state index >= 15 is 0 Å². The number of aliphatic carboxylic acids is 1. The van der Waals surface area contributed by atoms with Crippen molar-refractivity contribution in [2.75, 3.05) is 6.61 Å². The molecule has 4 rings (SSSR count). The number of aromatic nitrogens is 1. The zero-order chi connectivity index (χ0) is 31.2. The summed E-state index contributed by atoms with van der Waals surface area (Å²) in [6.07, 6.45) is -8.36. The van der Waals surface area contributed by atoms with Crippen LogP contribution >= 0.6 is 0 Å². The monoisotopic (exact) mass is 617 g/mol. The van der Waals surface area contributed by atoms with Gasteiger partial charge in [-0.3, -0.25) is 0 Å². The number of aryl methyl sites for hydroxylation is 1. The number of hydrogen-bond acceptors (Lipinski definition) is 7. The molecule has 0 aliphatic heterocycles. The summed E-state index contributed by atoms with van der Waals surface area (Å²) in [6.45, 7) is 1.38. The predicted octanol–water partition coefficient (Wildman–Crippen LogP) is 7.08. The Kier molecular flexibility index (Phi) is 10.4. The largest absolute Gasteiger partial charge is 0.573 e. The number of halogens is 6. The number of carbonyl (C=O) groups is 1. The summed E-state index contributed by atoms with van der Waals surface area (Å²) in [5, 5.41) is 9.52. The van der Waals surface area contributed by atoms with Crippen molar-refractivity contribution in [1.82, 2.24) is 4.98 Å². The molecular formula is C29H29F6NO7. The highest BCUT2D eigenvalue weighted by Gasteiger charge is 2.32. The number of nitrogens with zero attached hydrogens (tertiary/aromatic N) is 1. The van der Waals surface area contributed by atoms with Crippen LogP contribution in [-0.4, -0.2) is 47.3 Å².